The largest absolute Gasteiger partial charge is 0.384 e. The Hall–Kier alpha value is -2.10. The van der Waals surface area contributed by atoms with Crippen LogP contribution in [0, 0.1) is 12.3 Å². The topological polar surface area (TPSA) is 65.0 Å². The lowest BCUT2D eigenvalue weighted by atomic mass is 10.1. The highest BCUT2D eigenvalue weighted by atomic mass is 16.1. The summed E-state index contributed by atoms with van der Waals surface area (Å²) in [5.41, 5.74) is 3.18. The van der Waals surface area contributed by atoms with E-state index < -0.39 is 0 Å². The van der Waals surface area contributed by atoms with Gasteiger partial charge >= 0.3 is 0 Å². The van der Waals surface area contributed by atoms with Crippen LogP contribution in [0.15, 0.2) is 36.0 Å². The van der Waals surface area contributed by atoms with Crippen LogP contribution < -0.4 is 10.6 Å². The first-order valence-electron chi connectivity index (χ1n) is 5.82. The van der Waals surface area contributed by atoms with Crippen molar-refractivity contribution < 1.29 is 4.79 Å². The van der Waals surface area contributed by atoms with E-state index in [2.05, 4.69) is 29.7 Å². The number of amides is 1. The number of aryl methyl sites for hydroxylation is 1. The average Bonchev–Trinajstić information content (AvgIpc) is 2.36. The summed E-state index contributed by atoms with van der Waals surface area (Å²) in [7, 11) is 1.51. The predicted octanol–water partition coefficient (Wildman–Crippen LogP) is 1.75. The van der Waals surface area contributed by atoms with Gasteiger partial charge in [0.25, 0.3) is 5.91 Å². The summed E-state index contributed by atoms with van der Waals surface area (Å²) in [6, 6.07) is 8.11. The van der Waals surface area contributed by atoms with Crippen molar-refractivity contribution in [3.63, 3.8) is 0 Å². The molecule has 1 rings (SSSR count). The Kier molecular flexibility index (Phi) is 5.11. The molecule has 0 fully saturated rings. The molecule has 0 radical (unpaired) electrons. The van der Waals surface area contributed by atoms with Gasteiger partial charge in [-0.05, 0) is 31.1 Å². The van der Waals surface area contributed by atoms with Crippen molar-refractivity contribution in [2.24, 2.45) is 0 Å². The second kappa shape index (κ2) is 6.59. The second-order valence-corrected chi connectivity index (χ2v) is 4.10. The molecular weight excluding hydrogens is 226 g/mol. The number of hydrogen-bond donors (Lipinski definition) is 3. The Morgan fingerprint density at radius 3 is 2.67 bits per heavy atom. The summed E-state index contributed by atoms with van der Waals surface area (Å²) < 4.78 is 0. The van der Waals surface area contributed by atoms with Gasteiger partial charge in [-0.25, -0.2) is 0 Å². The Balaban J connectivity index is 2.59. The second-order valence-electron chi connectivity index (χ2n) is 4.10. The standard InChI is InChI=1S/C14H19N3O/c1-10-6-4-5-7-12(10)9-17-11(2)8-13(15)14(18)16-3/h4-8,15,17H,9H2,1-3H3,(H,16,18)/b11-8-,15-13?. The zero-order chi connectivity index (χ0) is 13.5. The molecule has 4 heteroatoms. The third-order valence-electron chi connectivity index (χ3n) is 2.65. The number of carbonyl (C=O) groups excluding carboxylic acids is 1. The molecule has 0 unspecified atom stereocenters. The maximum absolute atomic E-state index is 11.2. The minimum absolute atomic E-state index is 0.0488. The van der Waals surface area contributed by atoms with Gasteiger partial charge in [0, 0.05) is 19.3 Å². The maximum Gasteiger partial charge on any atom is 0.268 e. The number of benzene rings is 1. The maximum atomic E-state index is 11.2. The minimum Gasteiger partial charge on any atom is -0.384 e. The highest BCUT2D eigenvalue weighted by Crippen LogP contribution is 2.06. The zero-order valence-electron chi connectivity index (χ0n) is 11.0. The lowest BCUT2D eigenvalue weighted by Crippen LogP contribution is -2.26. The van der Waals surface area contributed by atoms with E-state index in [1.807, 2.05) is 19.1 Å². The van der Waals surface area contributed by atoms with E-state index in [-0.39, 0.29) is 11.6 Å². The Morgan fingerprint density at radius 2 is 2.06 bits per heavy atom. The van der Waals surface area contributed by atoms with Gasteiger partial charge in [-0.3, -0.25) is 10.2 Å². The number of rotatable bonds is 5. The molecule has 18 heavy (non-hydrogen) atoms. The summed E-state index contributed by atoms with van der Waals surface area (Å²) in [5.74, 6) is -0.382. The van der Waals surface area contributed by atoms with Crippen molar-refractivity contribution in [1.82, 2.24) is 10.6 Å². The summed E-state index contributed by atoms with van der Waals surface area (Å²) >= 11 is 0. The average molecular weight is 245 g/mol. The molecule has 4 nitrogen and oxygen atoms in total. The molecule has 0 heterocycles. The van der Waals surface area contributed by atoms with Gasteiger partial charge < -0.3 is 10.6 Å². The summed E-state index contributed by atoms with van der Waals surface area (Å²) in [4.78, 5) is 11.2. The number of nitrogens with one attached hydrogen (secondary N) is 3. The van der Waals surface area contributed by atoms with Gasteiger partial charge in [-0.15, -0.1) is 0 Å². The van der Waals surface area contributed by atoms with Gasteiger partial charge in [0.1, 0.15) is 5.71 Å². The molecule has 0 bridgehead atoms. The highest BCUT2D eigenvalue weighted by Gasteiger charge is 2.03. The molecule has 1 aromatic carbocycles. The van der Waals surface area contributed by atoms with Gasteiger partial charge in [-0.1, -0.05) is 24.3 Å². The van der Waals surface area contributed by atoms with E-state index in [9.17, 15) is 4.79 Å². The van der Waals surface area contributed by atoms with Crippen LogP contribution in [0.5, 0.6) is 0 Å². The third-order valence-corrected chi connectivity index (χ3v) is 2.65. The minimum atomic E-state index is -0.382. The summed E-state index contributed by atoms with van der Waals surface area (Å²) in [6.45, 7) is 4.59. The molecule has 0 saturated carbocycles. The van der Waals surface area contributed by atoms with Crippen LogP contribution in [0.3, 0.4) is 0 Å². The van der Waals surface area contributed by atoms with E-state index in [1.54, 1.807) is 0 Å². The van der Waals surface area contributed by atoms with Crippen LogP contribution in [-0.4, -0.2) is 18.7 Å². The fraction of sp³-hybridized carbons (Fsp3) is 0.286. The van der Waals surface area contributed by atoms with Crippen molar-refractivity contribution in [3.05, 3.63) is 47.2 Å². The van der Waals surface area contributed by atoms with Crippen LogP contribution in [0.25, 0.3) is 0 Å². The molecule has 0 atom stereocenters. The molecule has 96 valence electrons. The Morgan fingerprint density at radius 1 is 1.39 bits per heavy atom. The fourth-order valence-corrected chi connectivity index (χ4v) is 1.51. The van der Waals surface area contributed by atoms with Gasteiger partial charge in [-0.2, -0.15) is 0 Å². The van der Waals surface area contributed by atoms with Crippen LogP contribution in [0.2, 0.25) is 0 Å². The van der Waals surface area contributed by atoms with E-state index in [4.69, 9.17) is 5.41 Å². The van der Waals surface area contributed by atoms with Crippen molar-refractivity contribution in [3.8, 4) is 0 Å². The van der Waals surface area contributed by atoms with Gasteiger partial charge in [0.05, 0.1) is 0 Å². The molecular formula is C14H19N3O. The monoisotopic (exact) mass is 245 g/mol. The highest BCUT2D eigenvalue weighted by molar-refractivity contribution is 6.42. The van der Waals surface area contributed by atoms with E-state index in [0.717, 1.165) is 5.70 Å². The van der Waals surface area contributed by atoms with Crippen LogP contribution in [-0.2, 0) is 11.3 Å². The van der Waals surface area contributed by atoms with Crippen LogP contribution in [0.1, 0.15) is 18.1 Å². The van der Waals surface area contributed by atoms with Gasteiger partial charge in [0.15, 0.2) is 0 Å². The molecule has 3 N–H and O–H groups in total. The lowest BCUT2D eigenvalue weighted by molar-refractivity contribution is -0.114. The van der Waals surface area contributed by atoms with E-state index in [0.29, 0.717) is 6.54 Å². The zero-order valence-corrected chi connectivity index (χ0v) is 11.0. The van der Waals surface area contributed by atoms with Crippen LogP contribution in [0.4, 0.5) is 0 Å². The number of carbonyl (C=O) groups is 1. The Labute approximate surface area is 108 Å². The Bertz CT molecular complexity index is 478. The van der Waals surface area contributed by atoms with Crippen LogP contribution >= 0.6 is 0 Å². The number of hydrogen-bond acceptors (Lipinski definition) is 3. The molecule has 0 spiro atoms. The lowest BCUT2D eigenvalue weighted by Gasteiger charge is -2.09. The predicted molar refractivity (Wildman–Crippen MR) is 73.6 cm³/mol. The molecule has 0 saturated heterocycles. The van der Waals surface area contributed by atoms with Crippen molar-refractivity contribution >= 4 is 11.6 Å². The molecule has 1 amide bonds. The first-order valence-corrected chi connectivity index (χ1v) is 5.82. The van der Waals surface area contributed by atoms with Crippen molar-refractivity contribution in [2.45, 2.75) is 20.4 Å². The molecule has 0 aliphatic heterocycles. The quantitative estimate of drug-likeness (QED) is 0.692. The number of allylic oxidation sites excluding steroid dienone is 1. The molecule has 0 aliphatic rings. The molecule has 0 aromatic heterocycles. The van der Waals surface area contributed by atoms with E-state index >= 15 is 0 Å². The van der Waals surface area contributed by atoms with Gasteiger partial charge in [0.2, 0.25) is 0 Å². The molecule has 1 aromatic rings. The molecule has 0 aliphatic carbocycles. The smallest absolute Gasteiger partial charge is 0.268 e. The third kappa shape index (κ3) is 4.05. The summed E-state index contributed by atoms with van der Waals surface area (Å²) in [5, 5.41) is 13.1. The fourth-order valence-electron chi connectivity index (χ4n) is 1.51. The first kappa shape index (κ1) is 14.0. The normalized spacial score (nSPS) is 10.9. The SMILES string of the molecule is CNC(=O)C(=N)/C=C(/C)NCc1ccccc1C. The van der Waals surface area contributed by atoms with Crippen molar-refractivity contribution in [2.75, 3.05) is 7.05 Å². The van der Waals surface area contributed by atoms with E-state index in [1.165, 1.54) is 24.3 Å². The first-order chi connectivity index (χ1) is 8.54. The van der Waals surface area contributed by atoms with Crippen molar-refractivity contribution in [1.29, 1.82) is 5.41 Å². The summed E-state index contributed by atoms with van der Waals surface area (Å²) in [6.07, 6.45) is 1.52.